The number of ether oxygens (including phenoxy) is 2. The van der Waals surface area contributed by atoms with E-state index in [0.29, 0.717) is 34.5 Å². The lowest BCUT2D eigenvalue weighted by Gasteiger charge is -2.26. The zero-order valence-corrected chi connectivity index (χ0v) is 20.6. The summed E-state index contributed by atoms with van der Waals surface area (Å²) in [6.07, 6.45) is 0. The van der Waals surface area contributed by atoms with Gasteiger partial charge in [0.25, 0.3) is 5.91 Å². The molecule has 1 aromatic heterocycles. The lowest BCUT2D eigenvalue weighted by molar-refractivity contribution is 0.0714. The summed E-state index contributed by atoms with van der Waals surface area (Å²) in [7, 11) is 1.60. The molecule has 1 N–H and O–H groups in total. The molecule has 0 radical (unpaired) electrons. The van der Waals surface area contributed by atoms with Gasteiger partial charge in [0.2, 0.25) is 5.76 Å². The second kappa shape index (κ2) is 9.07. The Balaban J connectivity index is 1.72. The number of fused-ring (bicyclic) bond motifs is 2. The number of aryl methyl sites for hydroxylation is 2. The number of hydrogen-bond acceptors (Lipinski definition) is 6. The predicted octanol–water partition coefficient (Wildman–Crippen LogP) is 5.27. The van der Waals surface area contributed by atoms with Crippen molar-refractivity contribution in [3.63, 3.8) is 0 Å². The number of carbonyl (C=O) groups excluding carboxylic acids is 1. The van der Waals surface area contributed by atoms with Crippen molar-refractivity contribution in [2.75, 3.05) is 13.7 Å². The average molecular weight is 486 g/mol. The molecule has 0 unspecified atom stereocenters. The summed E-state index contributed by atoms with van der Waals surface area (Å²) >= 11 is 0. The molecular weight excluding hydrogens is 458 g/mol. The van der Waals surface area contributed by atoms with Crippen LogP contribution in [0.1, 0.15) is 51.3 Å². The summed E-state index contributed by atoms with van der Waals surface area (Å²) in [5.41, 5.74) is 3.72. The first-order valence-corrected chi connectivity index (χ1v) is 11.8. The number of benzene rings is 3. The van der Waals surface area contributed by atoms with E-state index in [1.54, 1.807) is 30.2 Å². The van der Waals surface area contributed by atoms with Crippen LogP contribution in [0.2, 0.25) is 0 Å². The smallest absolute Gasteiger partial charge is 0.291 e. The van der Waals surface area contributed by atoms with Gasteiger partial charge in [0.1, 0.15) is 11.3 Å². The Morgan fingerprint density at radius 3 is 2.47 bits per heavy atom. The Kier molecular flexibility index (Phi) is 5.92. The standard InChI is InChI=1S/C29H27NO6/c1-5-35-23-14-19(8-11-22(23)31)25-24-26(32)21-13-16(2)12-17(3)27(21)36-28(24)29(33)30(25)15-18-6-9-20(34-4)10-7-18/h6-14,25,31H,5,15H2,1-4H3/t25-/m0/s1. The lowest BCUT2D eigenvalue weighted by Crippen LogP contribution is -2.29. The van der Waals surface area contributed by atoms with Crippen LogP contribution >= 0.6 is 0 Å². The highest BCUT2D eigenvalue weighted by Gasteiger charge is 2.43. The minimum Gasteiger partial charge on any atom is -0.504 e. The quantitative estimate of drug-likeness (QED) is 0.400. The molecule has 0 saturated heterocycles. The van der Waals surface area contributed by atoms with E-state index in [4.69, 9.17) is 13.9 Å². The molecule has 3 aromatic carbocycles. The van der Waals surface area contributed by atoms with Crippen LogP contribution in [-0.4, -0.2) is 29.6 Å². The molecule has 0 saturated carbocycles. The van der Waals surface area contributed by atoms with E-state index in [-0.39, 0.29) is 35.1 Å². The van der Waals surface area contributed by atoms with Gasteiger partial charge < -0.3 is 23.9 Å². The Hall–Kier alpha value is -4.26. The van der Waals surface area contributed by atoms with Crippen LogP contribution in [0.25, 0.3) is 11.0 Å². The van der Waals surface area contributed by atoms with Crippen molar-refractivity contribution in [3.8, 4) is 17.2 Å². The van der Waals surface area contributed by atoms with Gasteiger partial charge in [-0.1, -0.05) is 24.3 Å². The number of phenols is 1. The molecule has 7 nitrogen and oxygen atoms in total. The zero-order chi connectivity index (χ0) is 25.6. The van der Waals surface area contributed by atoms with Gasteiger partial charge in [0.05, 0.1) is 30.7 Å². The van der Waals surface area contributed by atoms with Crippen molar-refractivity contribution in [1.82, 2.24) is 4.90 Å². The van der Waals surface area contributed by atoms with Crippen molar-refractivity contribution < 1.29 is 23.8 Å². The fourth-order valence-electron chi connectivity index (χ4n) is 4.88. The topological polar surface area (TPSA) is 89.2 Å². The summed E-state index contributed by atoms with van der Waals surface area (Å²) in [6.45, 7) is 6.22. The molecular formula is C29H27NO6. The lowest BCUT2D eigenvalue weighted by atomic mass is 9.97. The Morgan fingerprint density at radius 2 is 1.78 bits per heavy atom. The van der Waals surface area contributed by atoms with Gasteiger partial charge in [0, 0.05) is 6.54 Å². The number of nitrogens with zero attached hydrogens (tertiary/aromatic N) is 1. The Labute approximate surface area is 208 Å². The van der Waals surface area contributed by atoms with E-state index in [9.17, 15) is 14.7 Å². The maximum Gasteiger partial charge on any atom is 0.291 e. The summed E-state index contributed by atoms with van der Waals surface area (Å²) in [6, 6.07) is 15.3. The van der Waals surface area contributed by atoms with E-state index >= 15 is 0 Å². The first-order chi connectivity index (χ1) is 17.3. The van der Waals surface area contributed by atoms with Crippen molar-refractivity contribution in [2.24, 2.45) is 0 Å². The van der Waals surface area contributed by atoms with E-state index in [1.165, 1.54) is 6.07 Å². The molecule has 5 rings (SSSR count). The number of carbonyl (C=O) groups is 1. The third kappa shape index (κ3) is 3.86. The third-order valence-electron chi connectivity index (χ3n) is 6.51. The van der Waals surface area contributed by atoms with Crippen molar-refractivity contribution in [2.45, 2.75) is 33.4 Å². The number of amides is 1. The number of phenolic OH excluding ortho intramolecular Hbond substituents is 1. The Morgan fingerprint density at radius 1 is 1.03 bits per heavy atom. The summed E-state index contributed by atoms with van der Waals surface area (Å²) < 4.78 is 17.0. The van der Waals surface area contributed by atoms with Gasteiger partial charge in [-0.2, -0.15) is 0 Å². The van der Waals surface area contributed by atoms with E-state index < -0.39 is 6.04 Å². The fraction of sp³-hybridized carbons (Fsp3) is 0.241. The molecule has 7 heteroatoms. The van der Waals surface area contributed by atoms with E-state index in [1.807, 2.05) is 51.1 Å². The minimum atomic E-state index is -0.712. The SMILES string of the molecule is CCOc1cc([C@H]2c3c(oc4c(C)cc(C)cc4c3=O)C(=O)N2Cc2ccc(OC)cc2)ccc1O. The molecule has 2 heterocycles. The van der Waals surface area contributed by atoms with Gasteiger partial charge in [-0.3, -0.25) is 9.59 Å². The van der Waals surface area contributed by atoms with Gasteiger partial charge in [-0.05, 0) is 73.4 Å². The van der Waals surface area contributed by atoms with Crippen LogP contribution in [0.15, 0.2) is 63.8 Å². The zero-order valence-electron chi connectivity index (χ0n) is 20.6. The first-order valence-electron chi connectivity index (χ1n) is 11.8. The van der Waals surface area contributed by atoms with Gasteiger partial charge in [0.15, 0.2) is 16.9 Å². The molecule has 0 bridgehead atoms. The molecule has 1 amide bonds. The van der Waals surface area contributed by atoms with Gasteiger partial charge >= 0.3 is 0 Å². The van der Waals surface area contributed by atoms with Crippen LogP contribution in [0.4, 0.5) is 0 Å². The molecule has 36 heavy (non-hydrogen) atoms. The highest BCUT2D eigenvalue weighted by molar-refractivity contribution is 5.99. The largest absolute Gasteiger partial charge is 0.504 e. The normalized spacial score (nSPS) is 14.8. The van der Waals surface area contributed by atoms with Crippen LogP contribution in [0.3, 0.4) is 0 Å². The number of methoxy groups -OCH3 is 1. The van der Waals surface area contributed by atoms with Crippen molar-refractivity contribution in [3.05, 3.63) is 98.4 Å². The van der Waals surface area contributed by atoms with Crippen molar-refractivity contribution in [1.29, 1.82) is 0 Å². The number of hydrogen-bond donors (Lipinski definition) is 1. The summed E-state index contributed by atoms with van der Waals surface area (Å²) in [4.78, 5) is 29.3. The second-order valence-corrected chi connectivity index (χ2v) is 8.98. The van der Waals surface area contributed by atoms with Crippen LogP contribution in [-0.2, 0) is 6.54 Å². The number of aromatic hydroxyl groups is 1. The highest BCUT2D eigenvalue weighted by atomic mass is 16.5. The van der Waals surface area contributed by atoms with E-state index in [2.05, 4.69) is 0 Å². The molecule has 0 fully saturated rings. The third-order valence-corrected chi connectivity index (χ3v) is 6.51. The number of rotatable bonds is 6. The Bertz CT molecular complexity index is 1540. The average Bonchev–Trinajstić information content (AvgIpc) is 3.13. The second-order valence-electron chi connectivity index (χ2n) is 8.98. The molecule has 1 aliphatic heterocycles. The molecule has 0 aliphatic carbocycles. The summed E-state index contributed by atoms with van der Waals surface area (Å²) in [5.74, 6) is 0.667. The predicted molar refractivity (Wildman–Crippen MR) is 136 cm³/mol. The first kappa shape index (κ1) is 23.5. The molecule has 0 spiro atoms. The molecule has 1 atom stereocenters. The maximum absolute atomic E-state index is 13.9. The highest BCUT2D eigenvalue weighted by Crippen LogP contribution is 2.42. The van der Waals surface area contributed by atoms with Crippen LogP contribution in [0, 0.1) is 13.8 Å². The molecule has 1 aliphatic rings. The minimum absolute atomic E-state index is 0.0105. The van der Waals surface area contributed by atoms with Gasteiger partial charge in [-0.25, -0.2) is 0 Å². The van der Waals surface area contributed by atoms with Crippen LogP contribution < -0.4 is 14.9 Å². The summed E-state index contributed by atoms with van der Waals surface area (Å²) in [5, 5.41) is 10.7. The van der Waals surface area contributed by atoms with Gasteiger partial charge in [-0.15, -0.1) is 0 Å². The monoisotopic (exact) mass is 485 g/mol. The van der Waals surface area contributed by atoms with Crippen LogP contribution in [0.5, 0.6) is 17.2 Å². The molecule has 184 valence electrons. The molecule has 4 aromatic rings. The fourth-order valence-corrected chi connectivity index (χ4v) is 4.88. The maximum atomic E-state index is 13.9. The van der Waals surface area contributed by atoms with E-state index in [0.717, 1.165) is 16.7 Å². The van der Waals surface area contributed by atoms with Crippen molar-refractivity contribution >= 4 is 16.9 Å².